The molecule has 0 spiro atoms. The first kappa shape index (κ1) is 10.7. The van der Waals surface area contributed by atoms with E-state index in [0.29, 0.717) is 0 Å². The molecule has 1 aliphatic rings. The van der Waals surface area contributed by atoms with Crippen molar-refractivity contribution >= 4 is 17.2 Å². The van der Waals surface area contributed by atoms with Crippen LogP contribution in [-0.4, -0.2) is 5.91 Å². The number of carbonyl (C=O) groups excluding carboxylic acids is 1. The van der Waals surface area contributed by atoms with Gasteiger partial charge in [0.05, 0.1) is 6.04 Å². The molecule has 1 heterocycles. The maximum absolute atomic E-state index is 11.8. The molecule has 1 aliphatic carbocycles. The number of thiophene rings is 1. The van der Waals surface area contributed by atoms with E-state index in [4.69, 9.17) is 0 Å². The molecule has 1 N–H and O–H groups in total. The lowest BCUT2D eigenvalue weighted by Crippen LogP contribution is -2.31. The molecule has 1 atom stereocenters. The van der Waals surface area contributed by atoms with Crippen LogP contribution in [0.15, 0.2) is 17.5 Å². The highest BCUT2D eigenvalue weighted by Gasteiger charge is 2.23. The van der Waals surface area contributed by atoms with Gasteiger partial charge in [0, 0.05) is 10.8 Å². The number of hydrogen-bond donors (Lipinski definition) is 1. The Labute approximate surface area is 94.7 Å². The smallest absolute Gasteiger partial charge is 0.223 e. The molecular formula is C12H17NOS. The van der Waals surface area contributed by atoms with Crippen LogP contribution < -0.4 is 5.32 Å². The summed E-state index contributed by atoms with van der Waals surface area (Å²) in [5, 5.41) is 5.14. The molecule has 1 saturated carbocycles. The Balaban J connectivity index is 1.88. The summed E-state index contributed by atoms with van der Waals surface area (Å²) in [4.78, 5) is 13.1. The molecule has 0 aliphatic heterocycles. The lowest BCUT2D eigenvalue weighted by atomic mass is 10.1. The van der Waals surface area contributed by atoms with E-state index in [-0.39, 0.29) is 17.9 Å². The van der Waals surface area contributed by atoms with Crippen molar-refractivity contribution in [1.82, 2.24) is 5.32 Å². The maximum Gasteiger partial charge on any atom is 0.223 e. The van der Waals surface area contributed by atoms with Crippen LogP contribution in [0.4, 0.5) is 0 Å². The minimum atomic E-state index is 0.165. The van der Waals surface area contributed by atoms with Gasteiger partial charge >= 0.3 is 0 Å². The van der Waals surface area contributed by atoms with Crippen molar-refractivity contribution in [2.45, 2.75) is 38.6 Å². The molecule has 1 aromatic rings. The first-order chi connectivity index (χ1) is 7.27. The number of hydrogen-bond acceptors (Lipinski definition) is 2. The second kappa shape index (κ2) is 4.79. The summed E-state index contributed by atoms with van der Waals surface area (Å²) in [6.45, 7) is 2.05. The summed E-state index contributed by atoms with van der Waals surface area (Å²) in [7, 11) is 0. The lowest BCUT2D eigenvalue weighted by molar-refractivity contribution is -0.125. The van der Waals surface area contributed by atoms with Crippen LogP contribution in [0.1, 0.15) is 43.5 Å². The standard InChI is InChI=1S/C12H17NOS/c1-9(11-7-4-8-15-11)13-12(14)10-5-2-3-6-10/h4,7-10H,2-3,5-6H2,1H3,(H,13,14)/t9-/m0/s1. The fourth-order valence-electron chi connectivity index (χ4n) is 2.13. The SMILES string of the molecule is C[C@H](NC(=O)C1CCCC1)c1cccs1. The highest BCUT2D eigenvalue weighted by atomic mass is 32.1. The van der Waals surface area contributed by atoms with E-state index >= 15 is 0 Å². The minimum absolute atomic E-state index is 0.165. The van der Waals surface area contributed by atoms with Gasteiger partial charge in [-0.25, -0.2) is 0 Å². The lowest BCUT2D eigenvalue weighted by Gasteiger charge is -2.15. The van der Waals surface area contributed by atoms with Crippen LogP contribution in [0.3, 0.4) is 0 Å². The van der Waals surface area contributed by atoms with Gasteiger partial charge in [0.25, 0.3) is 0 Å². The summed E-state index contributed by atoms with van der Waals surface area (Å²) < 4.78 is 0. The van der Waals surface area contributed by atoms with E-state index in [0.717, 1.165) is 12.8 Å². The third-order valence-corrected chi connectivity index (χ3v) is 4.11. The van der Waals surface area contributed by atoms with Crippen LogP contribution in [-0.2, 0) is 4.79 Å². The quantitative estimate of drug-likeness (QED) is 0.838. The van der Waals surface area contributed by atoms with Gasteiger partial charge in [-0.15, -0.1) is 11.3 Å². The van der Waals surface area contributed by atoms with E-state index in [2.05, 4.69) is 18.3 Å². The summed E-state index contributed by atoms with van der Waals surface area (Å²) >= 11 is 1.70. The Morgan fingerprint density at radius 2 is 2.27 bits per heavy atom. The third kappa shape index (κ3) is 2.59. The molecule has 2 rings (SSSR count). The summed E-state index contributed by atoms with van der Waals surface area (Å²) in [5.74, 6) is 0.515. The predicted molar refractivity (Wildman–Crippen MR) is 62.8 cm³/mol. The number of rotatable bonds is 3. The Kier molecular flexibility index (Phi) is 3.41. The average Bonchev–Trinajstić information content (AvgIpc) is 2.91. The first-order valence-electron chi connectivity index (χ1n) is 5.61. The topological polar surface area (TPSA) is 29.1 Å². The van der Waals surface area contributed by atoms with Crippen LogP contribution in [0.25, 0.3) is 0 Å². The van der Waals surface area contributed by atoms with Crippen molar-refractivity contribution in [3.05, 3.63) is 22.4 Å². The molecule has 3 heteroatoms. The fourth-order valence-corrected chi connectivity index (χ4v) is 2.86. The Morgan fingerprint density at radius 1 is 1.53 bits per heavy atom. The summed E-state index contributed by atoms with van der Waals surface area (Å²) in [6, 6.07) is 4.26. The Hall–Kier alpha value is -0.830. The van der Waals surface area contributed by atoms with E-state index < -0.39 is 0 Å². The molecular weight excluding hydrogens is 206 g/mol. The van der Waals surface area contributed by atoms with Crippen LogP contribution >= 0.6 is 11.3 Å². The second-order valence-electron chi connectivity index (χ2n) is 4.23. The van der Waals surface area contributed by atoms with E-state index in [1.165, 1.54) is 17.7 Å². The third-order valence-electron chi connectivity index (χ3n) is 3.05. The molecule has 15 heavy (non-hydrogen) atoms. The summed E-state index contributed by atoms with van der Waals surface area (Å²) in [5.41, 5.74) is 0. The monoisotopic (exact) mass is 223 g/mol. The molecule has 1 amide bonds. The molecule has 1 aromatic heterocycles. The largest absolute Gasteiger partial charge is 0.349 e. The number of amides is 1. The van der Waals surface area contributed by atoms with E-state index in [1.54, 1.807) is 11.3 Å². The molecule has 0 aromatic carbocycles. The van der Waals surface area contributed by atoms with Crippen molar-refractivity contribution in [1.29, 1.82) is 0 Å². The molecule has 0 unspecified atom stereocenters. The van der Waals surface area contributed by atoms with Crippen molar-refractivity contribution in [2.24, 2.45) is 5.92 Å². The molecule has 0 bridgehead atoms. The van der Waals surface area contributed by atoms with Gasteiger partial charge in [0.2, 0.25) is 5.91 Å². The van der Waals surface area contributed by atoms with Gasteiger partial charge in [0.1, 0.15) is 0 Å². The predicted octanol–water partition coefficient (Wildman–Crippen LogP) is 3.12. The highest BCUT2D eigenvalue weighted by molar-refractivity contribution is 7.10. The van der Waals surface area contributed by atoms with Crippen LogP contribution in [0.2, 0.25) is 0 Å². The van der Waals surface area contributed by atoms with E-state index in [9.17, 15) is 4.79 Å². The molecule has 1 fully saturated rings. The zero-order chi connectivity index (χ0) is 10.7. The van der Waals surface area contributed by atoms with Gasteiger partial charge in [-0.3, -0.25) is 4.79 Å². The summed E-state index contributed by atoms with van der Waals surface area (Å²) in [6.07, 6.45) is 4.57. The zero-order valence-corrected chi connectivity index (χ0v) is 9.85. The molecule has 0 saturated heterocycles. The van der Waals surface area contributed by atoms with Crippen molar-refractivity contribution in [3.8, 4) is 0 Å². The van der Waals surface area contributed by atoms with Gasteiger partial charge in [0.15, 0.2) is 0 Å². The van der Waals surface area contributed by atoms with Crippen molar-refractivity contribution < 1.29 is 4.79 Å². The first-order valence-corrected chi connectivity index (χ1v) is 6.49. The Morgan fingerprint density at radius 3 is 2.87 bits per heavy atom. The molecule has 2 nitrogen and oxygen atoms in total. The van der Waals surface area contributed by atoms with Gasteiger partial charge in [-0.05, 0) is 31.2 Å². The average molecular weight is 223 g/mol. The zero-order valence-electron chi connectivity index (χ0n) is 9.03. The van der Waals surface area contributed by atoms with E-state index in [1.807, 2.05) is 11.4 Å². The maximum atomic E-state index is 11.8. The van der Waals surface area contributed by atoms with Gasteiger partial charge in [-0.1, -0.05) is 18.9 Å². The highest BCUT2D eigenvalue weighted by Crippen LogP contribution is 2.26. The van der Waals surface area contributed by atoms with Crippen LogP contribution in [0, 0.1) is 5.92 Å². The molecule has 0 radical (unpaired) electrons. The van der Waals surface area contributed by atoms with Crippen LogP contribution in [0.5, 0.6) is 0 Å². The molecule has 82 valence electrons. The van der Waals surface area contributed by atoms with Crippen molar-refractivity contribution in [3.63, 3.8) is 0 Å². The minimum Gasteiger partial charge on any atom is -0.349 e. The Bertz CT molecular complexity index is 314. The van der Waals surface area contributed by atoms with Gasteiger partial charge < -0.3 is 5.32 Å². The fraction of sp³-hybridized carbons (Fsp3) is 0.583. The van der Waals surface area contributed by atoms with Crippen molar-refractivity contribution in [2.75, 3.05) is 0 Å². The van der Waals surface area contributed by atoms with Gasteiger partial charge in [-0.2, -0.15) is 0 Å². The number of nitrogens with one attached hydrogen (secondary N) is 1. The normalized spacial score (nSPS) is 19.0. The second-order valence-corrected chi connectivity index (χ2v) is 5.21. The number of carbonyl (C=O) groups is 1.